The van der Waals surface area contributed by atoms with Crippen LogP contribution in [0.5, 0.6) is 5.75 Å². The molecular weight excluding hydrogens is 673 g/mol. The molecule has 3 aromatic carbocycles. The number of nitrogens with two attached hydrogens (primary N) is 1. The third-order valence-corrected chi connectivity index (χ3v) is 8.19. The van der Waals surface area contributed by atoms with Crippen molar-refractivity contribution in [2.45, 2.75) is 31.7 Å². The minimum atomic E-state index is -0.563. The van der Waals surface area contributed by atoms with Crippen LogP contribution in [-0.4, -0.2) is 47.9 Å². The molecule has 0 radical (unpaired) electrons. The van der Waals surface area contributed by atoms with Crippen LogP contribution < -0.4 is 31.7 Å². The molecule has 44 heavy (non-hydrogen) atoms. The lowest BCUT2D eigenvalue weighted by molar-refractivity contribution is 0.0935. The topological polar surface area (TPSA) is 160 Å². The number of hydrogen-bond acceptors (Lipinski definition) is 8. The summed E-state index contributed by atoms with van der Waals surface area (Å²) in [6.07, 6.45) is 5.67. The molecule has 1 aliphatic rings. The van der Waals surface area contributed by atoms with Crippen molar-refractivity contribution in [1.29, 1.82) is 0 Å². The fourth-order valence-electron chi connectivity index (χ4n) is 5.12. The highest BCUT2D eigenvalue weighted by atomic mass is 127. The highest BCUT2D eigenvalue weighted by molar-refractivity contribution is 14.1. The lowest BCUT2D eigenvalue weighted by Crippen LogP contribution is -2.33. The van der Waals surface area contributed by atoms with Crippen molar-refractivity contribution in [3.8, 4) is 16.9 Å². The van der Waals surface area contributed by atoms with Gasteiger partial charge in [0.1, 0.15) is 11.6 Å². The molecule has 1 aliphatic carbocycles. The molecule has 1 aromatic heterocycles. The summed E-state index contributed by atoms with van der Waals surface area (Å²) >= 11 is 2.10. The van der Waals surface area contributed by atoms with Crippen molar-refractivity contribution in [1.82, 2.24) is 20.6 Å². The predicted octanol–water partition coefficient (Wildman–Crippen LogP) is 5.37. The molecule has 0 aliphatic heterocycles. The molecule has 0 saturated heterocycles. The molecule has 3 amide bonds. The zero-order valence-electron chi connectivity index (χ0n) is 24.2. The van der Waals surface area contributed by atoms with Gasteiger partial charge in [0, 0.05) is 30.4 Å². The Morgan fingerprint density at radius 1 is 0.932 bits per heavy atom. The number of carbonyl (C=O) groups excluding carboxylic acids is 3. The number of methoxy groups -OCH3 is 1. The van der Waals surface area contributed by atoms with Crippen molar-refractivity contribution in [2.24, 2.45) is 5.73 Å². The van der Waals surface area contributed by atoms with Crippen molar-refractivity contribution >= 4 is 63.5 Å². The number of amides is 3. The molecule has 0 bridgehead atoms. The summed E-state index contributed by atoms with van der Waals surface area (Å²) in [7, 11) is 3.12. The molecule has 12 heteroatoms. The van der Waals surface area contributed by atoms with Crippen LogP contribution in [0, 0.1) is 3.57 Å². The van der Waals surface area contributed by atoms with Crippen molar-refractivity contribution in [3.05, 3.63) is 87.1 Å². The molecule has 1 fully saturated rings. The third kappa shape index (κ3) is 6.91. The lowest BCUT2D eigenvalue weighted by Gasteiger charge is -2.19. The Kier molecular flexibility index (Phi) is 9.58. The molecule has 11 nitrogen and oxygen atoms in total. The zero-order chi connectivity index (χ0) is 31.2. The quantitative estimate of drug-likeness (QED) is 0.138. The number of rotatable bonds is 10. The number of benzene rings is 3. The number of carbonyl (C=O) groups is 3. The molecule has 0 atom stereocenters. The van der Waals surface area contributed by atoms with Crippen LogP contribution in [0.3, 0.4) is 0 Å². The van der Waals surface area contributed by atoms with Crippen LogP contribution in [0.1, 0.15) is 56.8 Å². The maximum absolute atomic E-state index is 13.7. The normalized spacial score (nSPS) is 12.8. The van der Waals surface area contributed by atoms with Gasteiger partial charge >= 0.3 is 0 Å². The first-order valence-corrected chi connectivity index (χ1v) is 15.2. The van der Waals surface area contributed by atoms with Gasteiger partial charge in [0.2, 0.25) is 5.95 Å². The van der Waals surface area contributed by atoms with Crippen LogP contribution in [-0.2, 0) is 0 Å². The summed E-state index contributed by atoms with van der Waals surface area (Å²) in [5.41, 5.74) is 9.23. The van der Waals surface area contributed by atoms with E-state index in [0.29, 0.717) is 48.8 Å². The molecular formula is C32H32IN7O4. The van der Waals surface area contributed by atoms with E-state index in [1.807, 2.05) is 12.1 Å². The Morgan fingerprint density at radius 2 is 1.66 bits per heavy atom. The number of nitrogens with one attached hydrogen (secondary N) is 4. The minimum Gasteiger partial charge on any atom is -0.495 e. The fourth-order valence-corrected chi connectivity index (χ4v) is 5.52. The maximum atomic E-state index is 13.7. The monoisotopic (exact) mass is 705 g/mol. The van der Waals surface area contributed by atoms with E-state index < -0.39 is 5.91 Å². The van der Waals surface area contributed by atoms with E-state index >= 15 is 0 Å². The standard InChI is InChI=1S/C32H32IN7O4/c1-35-30(42)19-13-11-18(12-14-19)22-16-27(44-2)26(15-23(22)31(43)37-20-7-3-4-8-20)39-32-36-17-24(33)29(40-32)38-25-10-6-5-9-21(25)28(34)41/h5-6,9-17,20H,3-4,7-8H2,1-2H3,(H2,34,41)(H,35,42)(H,37,43)(H2,36,38,39,40). The van der Waals surface area contributed by atoms with Gasteiger partial charge in [0.05, 0.1) is 27.6 Å². The Balaban J connectivity index is 1.52. The average Bonchev–Trinajstić information content (AvgIpc) is 3.55. The number of aromatic nitrogens is 2. The highest BCUT2D eigenvalue weighted by Crippen LogP contribution is 2.36. The minimum absolute atomic E-state index is 0.112. The number of primary amides is 1. The zero-order valence-corrected chi connectivity index (χ0v) is 26.4. The summed E-state index contributed by atoms with van der Waals surface area (Å²) in [6.45, 7) is 0. The van der Waals surface area contributed by atoms with Crippen LogP contribution in [0.25, 0.3) is 11.1 Å². The van der Waals surface area contributed by atoms with E-state index in [1.165, 1.54) is 0 Å². The largest absolute Gasteiger partial charge is 0.495 e. The Bertz CT molecular complexity index is 1710. The van der Waals surface area contributed by atoms with Gasteiger partial charge in [-0.1, -0.05) is 37.1 Å². The first kappa shape index (κ1) is 30.7. The second-order valence-corrected chi connectivity index (χ2v) is 11.4. The van der Waals surface area contributed by atoms with E-state index in [-0.39, 0.29) is 23.8 Å². The fraction of sp³-hybridized carbons (Fsp3) is 0.219. The number of nitrogens with zero attached hydrogens (tertiary/aromatic N) is 2. The number of ether oxygens (including phenoxy) is 1. The molecule has 0 spiro atoms. The first-order valence-electron chi connectivity index (χ1n) is 14.1. The third-order valence-electron chi connectivity index (χ3n) is 7.40. The van der Waals surface area contributed by atoms with Crippen LogP contribution >= 0.6 is 22.6 Å². The van der Waals surface area contributed by atoms with E-state index in [4.69, 9.17) is 10.5 Å². The number of halogens is 1. The van der Waals surface area contributed by atoms with E-state index in [9.17, 15) is 14.4 Å². The van der Waals surface area contributed by atoms with Gasteiger partial charge in [0.15, 0.2) is 0 Å². The predicted molar refractivity (Wildman–Crippen MR) is 178 cm³/mol. The molecule has 6 N–H and O–H groups in total. The average molecular weight is 706 g/mol. The van der Waals surface area contributed by atoms with Crippen LogP contribution in [0.2, 0.25) is 0 Å². The van der Waals surface area contributed by atoms with E-state index in [2.05, 4.69) is 53.8 Å². The second kappa shape index (κ2) is 13.7. The SMILES string of the molecule is CNC(=O)c1ccc(-c2cc(OC)c(Nc3ncc(I)c(Nc4ccccc4C(N)=O)n3)cc2C(=O)NC2CCCC2)cc1. The smallest absolute Gasteiger partial charge is 0.252 e. The molecule has 4 aromatic rings. The van der Waals surface area contributed by atoms with E-state index in [1.54, 1.807) is 68.9 Å². The molecule has 1 heterocycles. The number of para-hydroxylation sites is 1. The van der Waals surface area contributed by atoms with Gasteiger partial charge in [-0.15, -0.1) is 0 Å². The molecule has 1 saturated carbocycles. The number of hydrogen-bond donors (Lipinski definition) is 5. The maximum Gasteiger partial charge on any atom is 0.252 e. The van der Waals surface area contributed by atoms with Crippen LogP contribution in [0.15, 0.2) is 66.9 Å². The van der Waals surface area contributed by atoms with Gasteiger partial charge in [-0.25, -0.2) is 4.98 Å². The summed E-state index contributed by atoms with van der Waals surface area (Å²) in [5.74, 6) is 0.199. The Labute approximate surface area is 268 Å². The Morgan fingerprint density at radius 3 is 2.34 bits per heavy atom. The highest BCUT2D eigenvalue weighted by Gasteiger charge is 2.23. The summed E-state index contributed by atoms with van der Waals surface area (Å²) in [6, 6.07) is 17.6. The molecule has 0 unspecified atom stereocenters. The second-order valence-electron chi connectivity index (χ2n) is 10.3. The van der Waals surface area contributed by atoms with E-state index in [0.717, 1.165) is 31.2 Å². The van der Waals surface area contributed by atoms with Gasteiger partial charge in [-0.05, 0) is 83.0 Å². The van der Waals surface area contributed by atoms with Crippen molar-refractivity contribution < 1.29 is 19.1 Å². The van der Waals surface area contributed by atoms with Gasteiger partial charge in [-0.3, -0.25) is 14.4 Å². The van der Waals surface area contributed by atoms with Gasteiger partial charge in [0.25, 0.3) is 17.7 Å². The Hall–Kier alpha value is -4.72. The summed E-state index contributed by atoms with van der Waals surface area (Å²) < 4.78 is 6.45. The van der Waals surface area contributed by atoms with Crippen molar-refractivity contribution in [3.63, 3.8) is 0 Å². The summed E-state index contributed by atoms with van der Waals surface area (Å²) in [4.78, 5) is 46.8. The van der Waals surface area contributed by atoms with Crippen molar-refractivity contribution in [2.75, 3.05) is 24.8 Å². The number of anilines is 4. The first-order chi connectivity index (χ1) is 21.3. The molecule has 226 valence electrons. The van der Waals surface area contributed by atoms with Gasteiger partial charge < -0.3 is 31.7 Å². The van der Waals surface area contributed by atoms with Gasteiger partial charge in [-0.2, -0.15) is 4.98 Å². The van der Waals surface area contributed by atoms with Crippen LogP contribution in [0.4, 0.5) is 23.1 Å². The summed E-state index contributed by atoms with van der Waals surface area (Å²) in [5, 5.41) is 12.2. The molecule has 5 rings (SSSR count). The lowest BCUT2D eigenvalue weighted by atomic mass is 9.96.